The van der Waals surface area contributed by atoms with Crippen LogP contribution >= 0.6 is 0 Å². The second-order valence-corrected chi connectivity index (χ2v) is 10.4. The summed E-state index contributed by atoms with van der Waals surface area (Å²) in [5, 5.41) is 2.53. The molecule has 1 unspecified atom stereocenters. The third-order valence-electron chi connectivity index (χ3n) is 6.48. The van der Waals surface area contributed by atoms with E-state index < -0.39 is 35.3 Å². The molecule has 0 aliphatic carbocycles. The van der Waals surface area contributed by atoms with Crippen molar-refractivity contribution in [1.82, 2.24) is 34.3 Å². The maximum atomic E-state index is 14.0. The van der Waals surface area contributed by atoms with Gasteiger partial charge in [-0.1, -0.05) is 6.08 Å². The highest BCUT2D eigenvalue weighted by molar-refractivity contribution is 5.95. The molecule has 242 valence electrons. The average molecular weight is 639 g/mol. The van der Waals surface area contributed by atoms with Crippen molar-refractivity contribution in [2.24, 2.45) is 0 Å². The lowest BCUT2D eigenvalue weighted by Gasteiger charge is -2.19. The van der Waals surface area contributed by atoms with E-state index in [1.165, 1.54) is 54.3 Å². The molecule has 0 bridgehead atoms. The molecule has 0 spiro atoms. The number of halogens is 2. The van der Waals surface area contributed by atoms with Crippen LogP contribution in [-0.2, 0) is 27.5 Å². The van der Waals surface area contributed by atoms with Crippen LogP contribution in [0, 0.1) is 11.6 Å². The maximum Gasteiger partial charge on any atom is 0.410 e. The number of benzene rings is 1. The first-order chi connectivity index (χ1) is 21.9. The highest BCUT2D eigenvalue weighted by Crippen LogP contribution is 2.21. The number of imidazole rings is 1. The van der Waals surface area contributed by atoms with Crippen LogP contribution in [0.15, 0.2) is 59.8 Å². The molecule has 0 fully saturated rings. The molecule has 0 saturated carbocycles. The monoisotopic (exact) mass is 638 g/mol. The lowest BCUT2D eigenvalue weighted by atomic mass is 10.1. The number of pyridine rings is 1. The van der Waals surface area contributed by atoms with Crippen LogP contribution in [0.3, 0.4) is 0 Å². The van der Waals surface area contributed by atoms with Gasteiger partial charge in [0.05, 0.1) is 6.54 Å². The Balaban J connectivity index is 1.48. The highest BCUT2D eigenvalue weighted by atomic mass is 19.1. The van der Waals surface area contributed by atoms with E-state index in [0.29, 0.717) is 11.3 Å². The minimum atomic E-state index is -1.25. The molecule has 3 heterocycles. The van der Waals surface area contributed by atoms with Gasteiger partial charge in [-0.05, 0) is 43.2 Å². The predicted octanol–water partition coefficient (Wildman–Crippen LogP) is 2.85. The standard InChI is InChI=1S/C30H32F2N8O6/c1-38(2)24(41)10-6-5-9-22(46-30(44)39(3)4)27(42)35-21-8-7-13-40(29(21)43)15-23-36-25-26(37-23)33-17-34-28(25)45-16-18-11-12-19(31)14-20(18)32/h6-8,10-14,17,22H,5,9,15-16H2,1-4H3,(H,35,42)(H,33,34,36,37)/b10-6+. The summed E-state index contributed by atoms with van der Waals surface area (Å²) in [7, 11) is 6.13. The van der Waals surface area contributed by atoms with E-state index in [4.69, 9.17) is 9.47 Å². The highest BCUT2D eigenvalue weighted by Gasteiger charge is 2.24. The van der Waals surface area contributed by atoms with Gasteiger partial charge in [0.1, 0.15) is 41.6 Å². The summed E-state index contributed by atoms with van der Waals surface area (Å²) in [6, 6.07) is 6.08. The van der Waals surface area contributed by atoms with E-state index in [1.54, 1.807) is 26.2 Å². The Morgan fingerprint density at radius 1 is 1.11 bits per heavy atom. The molecule has 3 amide bonds. The lowest BCUT2D eigenvalue weighted by Crippen LogP contribution is -2.37. The summed E-state index contributed by atoms with van der Waals surface area (Å²) in [6.07, 6.45) is 3.91. The molecule has 0 saturated heterocycles. The molecule has 1 aromatic carbocycles. The number of rotatable bonds is 12. The quantitative estimate of drug-likeness (QED) is 0.222. The number of nitrogens with zero attached hydrogens (tertiary/aromatic N) is 6. The molecular weight excluding hydrogens is 606 g/mol. The molecule has 14 nitrogen and oxygen atoms in total. The van der Waals surface area contributed by atoms with E-state index in [2.05, 4.69) is 25.3 Å². The summed E-state index contributed by atoms with van der Waals surface area (Å²) >= 11 is 0. The van der Waals surface area contributed by atoms with Crippen molar-refractivity contribution in [2.45, 2.75) is 32.1 Å². The van der Waals surface area contributed by atoms with E-state index in [-0.39, 0.29) is 54.7 Å². The Labute approximate surface area is 261 Å². The van der Waals surface area contributed by atoms with Gasteiger partial charge in [-0.3, -0.25) is 14.4 Å². The normalized spacial score (nSPS) is 11.8. The maximum absolute atomic E-state index is 14.0. The number of carbonyl (C=O) groups is 3. The minimum Gasteiger partial charge on any atom is -0.471 e. The summed E-state index contributed by atoms with van der Waals surface area (Å²) in [5.41, 5.74) is -0.000842. The van der Waals surface area contributed by atoms with E-state index in [9.17, 15) is 28.0 Å². The first-order valence-corrected chi connectivity index (χ1v) is 13.9. The van der Waals surface area contributed by atoms with E-state index >= 15 is 0 Å². The second-order valence-electron chi connectivity index (χ2n) is 10.4. The van der Waals surface area contributed by atoms with Crippen LogP contribution in [-0.4, -0.2) is 86.5 Å². The zero-order chi connectivity index (χ0) is 33.4. The summed E-state index contributed by atoms with van der Waals surface area (Å²) in [4.78, 5) is 68.5. The fraction of sp³-hybridized carbons (Fsp3) is 0.300. The van der Waals surface area contributed by atoms with Crippen molar-refractivity contribution in [3.05, 3.63) is 88.4 Å². The largest absolute Gasteiger partial charge is 0.471 e. The number of hydrogen-bond acceptors (Lipinski definition) is 9. The number of H-pyrrole nitrogens is 1. The lowest BCUT2D eigenvalue weighted by molar-refractivity contribution is -0.125. The van der Waals surface area contributed by atoms with E-state index in [0.717, 1.165) is 17.0 Å². The summed E-state index contributed by atoms with van der Waals surface area (Å²) in [5.74, 6) is -2.07. The Kier molecular flexibility index (Phi) is 10.7. The van der Waals surface area contributed by atoms with Gasteiger partial charge in [-0.25, -0.2) is 23.5 Å². The molecule has 2 N–H and O–H groups in total. The molecule has 1 atom stereocenters. The zero-order valence-electron chi connectivity index (χ0n) is 25.5. The van der Waals surface area contributed by atoms with Gasteiger partial charge >= 0.3 is 6.09 Å². The van der Waals surface area contributed by atoms with Gasteiger partial charge < -0.3 is 34.1 Å². The second kappa shape index (κ2) is 14.9. The predicted molar refractivity (Wildman–Crippen MR) is 162 cm³/mol. The van der Waals surface area contributed by atoms with Crippen molar-refractivity contribution in [2.75, 3.05) is 33.5 Å². The van der Waals surface area contributed by atoms with Crippen molar-refractivity contribution < 1.29 is 32.6 Å². The van der Waals surface area contributed by atoms with Crippen LogP contribution in [0.1, 0.15) is 24.2 Å². The molecule has 0 radical (unpaired) electrons. The number of likely N-dealkylation sites (N-methyl/N-ethyl adjacent to an activating group) is 1. The number of aromatic amines is 1. The summed E-state index contributed by atoms with van der Waals surface area (Å²) < 4.78 is 39.5. The number of carbonyl (C=O) groups excluding carboxylic acids is 3. The SMILES string of the molecule is CN(C)C(=O)/C=C/CCC(OC(=O)N(C)C)C(=O)Nc1cccn(Cc2nc3ncnc(OCc4ccc(F)cc4F)c3[nH]2)c1=O. The molecule has 3 aromatic heterocycles. The molecular formula is C30H32F2N8O6. The molecule has 0 aliphatic rings. The first kappa shape index (κ1) is 33.2. The molecule has 46 heavy (non-hydrogen) atoms. The van der Waals surface area contributed by atoms with Crippen LogP contribution in [0.25, 0.3) is 11.2 Å². The number of amides is 3. The van der Waals surface area contributed by atoms with Gasteiger partial charge in [-0.2, -0.15) is 4.98 Å². The number of allylic oxidation sites excluding steroid dienone is 1. The average Bonchev–Trinajstić information content (AvgIpc) is 3.43. The third kappa shape index (κ3) is 8.49. The molecule has 0 aliphatic heterocycles. The Morgan fingerprint density at radius 3 is 2.61 bits per heavy atom. The zero-order valence-corrected chi connectivity index (χ0v) is 25.5. The van der Waals surface area contributed by atoms with Crippen LogP contribution in [0.5, 0.6) is 5.88 Å². The third-order valence-corrected chi connectivity index (χ3v) is 6.48. The number of anilines is 1. The fourth-order valence-corrected chi connectivity index (χ4v) is 4.01. The Morgan fingerprint density at radius 2 is 1.89 bits per heavy atom. The van der Waals surface area contributed by atoms with Crippen molar-refractivity contribution in [3.8, 4) is 5.88 Å². The minimum absolute atomic E-state index is 0.0574. The van der Waals surface area contributed by atoms with Crippen LogP contribution in [0.2, 0.25) is 0 Å². The number of ether oxygens (including phenoxy) is 2. The van der Waals surface area contributed by atoms with Crippen molar-refractivity contribution >= 4 is 34.8 Å². The molecule has 4 aromatic rings. The number of aromatic nitrogens is 5. The molecule has 4 rings (SSSR count). The van der Waals surface area contributed by atoms with E-state index in [1.807, 2.05) is 0 Å². The number of fused-ring (bicyclic) bond motifs is 1. The number of nitrogens with one attached hydrogen (secondary N) is 2. The Bertz CT molecular complexity index is 1820. The van der Waals surface area contributed by atoms with Crippen molar-refractivity contribution in [1.29, 1.82) is 0 Å². The van der Waals surface area contributed by atoms with Gasteiger partial charge in [-0.15, -0.1) is 0 Å². The van der Waals surface area contributed by atoms with Gasteiger partial charge in [0.15, 0.2) is 11.8 Å². The van der Waals surface area contributed by atoms with Crippen LogP contribution < -0.4 is 15.6 Å². The first-order valence-electron chi connectivity index (χ1n) is 13.9. The smallest absolute Gasteiger partial charge is 0.410 e. The van der Waals surface area contributed by atoms with Gasteiger partial charge in [0, 0.05) is 46.0 Å². The Hall–Kier alpha value is -5.67. The van der Waals surface area contributed by atoms with Crippen LogP contribution in [0.4, 0.5) is 19.3 Å². The fourth-order valence-electron chi connectivity index (χ4n) is 4.01. The number of hydrogen-bond donors (Lipinski definition) is 2. The van der Waals surface area contributed by atoms with Crippen molar-refractivity contribution in [3.63, 3.8) is 0 Å². The topological polar surface area (TPSA) is 165 Å². The summed E-state index contributed by atoms with van der Waals surface area (Å²) in [6.45, 7) is -0.294. The molecule has 16 heteroatoms. The van der Waals surface area contributed by atoms with Gasteiger partial charge in [0.2, 0.25) is 11.8 Å². The van der Waals surface area contributed by atoms with Gasteiger partial charge in [0.25, 0.3) is 11.5 Å².